The molecule has 1 N–H and O–H groups in total. The number of carbonyl (C=O) groups is 3. The third kappa shape index (κ3) is 3.10. The average molecular weight is 391 g/mol. The van der Waals surface area contributed by atoms with Crippen molar-refractivity contribution in [1.29, 1.82) is 0 Å². The van der Waals surface area contributed by atoms with Gasteiger partial charge in [-0.15, -0.1) is 0 Å². The normalized spacial score (nSPS) is 19.4. The summed E-state index contributed by atoms with van der Waals surface area (Å²) < 4.78 is 0. The van der Waals surface area contributed by atoms with Gasteiger partial charge in [0.2, 0.25) is 0 Å². The number of benzene rings is 2. The number of urea groups is 1. The van der Waals surface area contributed by atoms with Crippen molar-refractivity contribution in [2.75, 3.05) is 16.3 Å². The number of imide groups is 2. The van der Waals surface area contributed by atoms with Crippen LogP contribution < -0.4 is 15.1 Å². The van der Waals surface area contributed by atoms with Crippen LogP contribution in [0.2, 0.25) is 0 Å². The van der Waals surface area contributed by atoms with Gasteiger partial charge in [0, 0.05) is 11.4 Å². The Hall–Kier alpha value is -3.32. The smallest absolute Gasteiger partial charge is 0.335 e. The summed E-state index contributed by atoms with van der Waals surface area (Å²) in [6.45, 7) is 2.80. The molecule has 0 bridgehead atoms. The standard InChI is InChI=1S/C21H17N3O3S/c1-2-23-16-10-6-7-11-17(16)28-18(23)13-12-15-19(25)22-21(27)24(20(15)26)14-8-4-3-5-9-14/h3-13H,2H2,1H3,(H,22,25,27)/b15-12-,18-13-. The maximum Gasteiger partial charge on any atom is 0.335 e. The van der Waals surface area contributed by atoms with E-state index in [1.165, 1.54) is 6.08 Å². The Labute approximate surface area is 166 Å². The molecule has 140 valence electrons. The molecule has 28 heavy (non-hydrogen) atoms. The molecule has 0 aliphatic carbocycles. The van der Waals surface area contributed by atoms with Crippen molar-refractivity contribution >= 4 is 41.0 Å². The van der Waals surface area contributed by atoms with E-state index >= 15 is 0 Å². The fourth-order valence-electron chi connectivity index (χ4n) is 3.15. The highest BCUT2D eigenvalue weighted by Gasteiger charge is 2.36. The third-order valence-electron chi connectivity index (χ3n) is 4.46. The predicted octanol–water partition coefficient (Wildman–Crippen LogP) is 3.67. The summed E-state index contributed by atoms with van der Waals surface area (Å²) in [5, 5.41) is 3.15. The molecule has 0 spiro atoms. The first-order chi connectivity index (χ1) is 13.6. The van der Waals surface area contributed by atoms with Crippen molar-refractivity contribution in [3.05, 3.63) is 77.4 Å². The summed E-state index contributed by atoms with van der Waals surface area (Å²) in [4.78, 5) is 41.5. The largest absolute Gasteiger partial charge is 0.335 e. The minimum absolute atomic E-state index is 0.0800. The quantitative estimate of drug-likeness (QED) is 0.639. The SMILES string of the molecule is CCN1/C(=C/C=C2/C(=O)NC(=O)N(c3ccccc3)C2=O)Sc2ccccc21. The molecule has 2 aliphatic heterocycles. The molecular weight excluding hydrogens is 374 g/mol. The topological polar surface area (TPSA) is 69.7 Å². The summed E-state index contributed by atoms with van der Waals surface area (Å²) in [6, 6.07) is 15.8. The van der Waals surface area contributed by atoms with Crippen LogP contribution in [-0.2, 0) is 9.59 Å². The molecule has 4 amide bonds. The van der Waals surface area contributed by atoms with Gasteiger partial charge in [0.05, 0.1) is 16.4 Å². The Bertz CT molecular complexity index is 1030. The molecule has 0 aromatic heterocycles. The lowest BCUT2D eigenvalue weighted by Gasteiger charge is -2.26. The van der Waals surface area contributed by atoms with Crippen LogP contribution in [0.15, 0.2) is 82.2 Å². The number of amides is 4. The van der Waals surface area contributed by atoms with Crippen LogP contribution in [0.5, 0.6) is 0 Å². The first-order valence-corrected chi connectivity index (χ1v) is 9.63. The molecular formula is C21H17N3O3S. The highest BCUT2D eigenvalue weighted by atomic mass is 32.2. The Kier molecular flexibility index (Phi) is 4.75. The first kappa shape index (κ1) is 18.1. The third-order valence-corrected chi connectivity index (χ3v) is 5.59. The predicted molar refractivity (Wildman–Crippen MR) is 109 cm³/mol. The first-order valence-electron chi connectivity index (χ1n) is 8.81. The zero-order valence-electron chi connectivity index (χ0n) is 15.1. The van der Waals surface area contributed by atoms with E-state index in [-0.39, 0.29) is 5.57 Å². The van der Waals surface area contributed by atoms with E-state index in [0.29, 0.717) is 5.69 Å². The lowest BCUT2D eigenvalue weighted by atomic mass is 10.1. The average Bonchev–Trinajstić information content (AvgIpc) is 3.05. The summed E-state index contributed by atoms with van der Waals surface area (Å²) in [7, 11) is 0. The maximum atomic E-state index is 12.8. The van der Waals surface area contributed by atoms with Crippen molar-refractivity contribution in [1.82, 2.24) is 5.32 Å². The molecule has 0 radical (unpaired) electrons. The molecule has 0 unspecified atom stereocenters. The monoisotopic (exact) mass is 391 g/mol. The summed E-state index contributed by atoms with van der Waals surface area (Å²) >= 11 is 1.58. The minimum atomic E-state index is -0.746. The van der Waals surface area contributed by atoms with Crippen LogP contribution in [-0.4, -0.2) is 24.4 Å². The highest BCUT2D eigenvalue weighted by Crippen LogP contribution is 2.45. The van der Waals surface area contributed by atoms with Gasteiger partial charge < -0.3 is 4.90 Å². The van der Waals surface area contributed by atoms with Gasteiger partial charge in [0.25, 0.3) is 11.8 Å². The van der Waals surface area contributed by atoms with Gasteiger partial charge in [0.1, 0.15) is 5.57 Å². The number of anilines is 2. The molecule has 0 atom stereocenters. The molecule has 2 aliphatic rings. The van der Waals surface area contributed by atoms with Crippen LogP contribution in [0.1, 0.15) is 6.92 Å². The van der Waals surface area contributed by atoms with E-state index in [1.807, 2.05) is 31.2 Å². The maximum absolute atomic E-state index is 12.8. The van der Waals surface area contributed by atoms with E-state index in [9.17, 15) is 14.4 Å². The molecule has 0 saturated carbocycles. The second kappa shape index (κ2) is 7.36. The number of thioether (sulfide) groups is 1. The van der Waals surface area contributed by atoms with E-state index in [2.05, 4.69) is 10.2 Å². The number of para-hydroxylation sites is 2. The molecule has 4 rings (SSSR count). The van der Waals surface area contributed by atoms with Crippen molar-refractivity contribution in [3.8, 4) is 0 Å². The van der Waals surface area contributed by atoms with Crippen molar-refractivity contribution in [2.24, 2.45) is 0 Å². The van der Waals surface area contributed by atoms with E-state index in [0.717, 1.165) is 27.1 Å². The van der Waals surface area contributed by atoms with Crippen LogP contribution in [0, 0.1) is 0 Å². The lowest BCUT2D eigenvalue weighted by molar-refractivity contribution is -0.122. The summed E-state index contributed by atoms with van der Waals surface area (Å²) in [5.74, 6) is -1.33. The van der Waals surface area contributed by atoms with Gasteiger partial charge in [0.15, 0.2) is 0 Å². The fourth-order valence-corrected chi connectivity index (χ4v) is 4.27. The van der Waals surface area contributed by atoms with Crippen molar-refractivity contribution in [3.63, 3.8) is 0 Å². The highest BCUT2D eigenvalue weighted by molar-refractivity contribution is 8.03. The van der Waals surface area contributed by atoms with Crippen LogP contribution in [0.25, 0.3) is 0 Å². The molecule has 1 fully saturated rings. The Morgan fingerprint density at radius 2 is 1.68 bits per heavy atom. The number of allylic oxidation sites excluding steroid dienone is 2. The van der Waals surface area contributed by atoms with Gasteiger partial charge in [-0.05, 0) is 43.3 Å². The lowest BCUT2D eigenvalue weighted by Crippen LogP contribution is -2.54. The molecule has 2 aromatic carbocycles. The molecule has 1 saturated heterocycles. The molecule has 2 heterocycles. The zero-order valence-corrected chi connectivity index (χ0v) is 15.9. The summed E-state index contributed by atoms with van der Waals surface area (Å²) in [6.07, 6.45) is 3.23. The fraction of sp³-hybridized carbons (Fsp3) is 0.0952. The van der Waals surface area contributed by atoms with Gasteiger partial charge in [-0.25, -0.2) is 9.69 Å². The van der Waals surface area contributed by atoms with Crippen molar-refractivity contribution in [2.45, 2.75) is 11.8 Å². The summed E-state index contributed by atoms with van der Waals surface area (Å²) in [5.41, 5.74) is 1.43. The molecule has 2 aromatic rings. The van der Waals surface area contributed by atoms with Gasteiger partial charge in [-0.2, -0.15) is 0 Å². The van der Waals surface area contributed by atoms with Gasteiger partial charge >= 0.3 is 6.03 Å². The number of rotatable bonds is 3. The van der Waals surface area contributed by atoms with E-state index < -0.39 is 17.8 Å². The van der Waals surface area contributed by atoms with Crippen LogP contribution >= 0.6 is 11.8 Å². The number of barbiturate groups is 1. The number of hydrogen-bond acceptors (Lipinski definition) is 5. The number of nitrogens with zero attached hydrogens (tertiary/aromatic N) is 2. The Morgan fingerprint density at radius 3 is 2.43 bits per heavy atom. The zero-order chi connectivity index (χ0) is 19.7. The van der Waals surface area contributed by atoms with E-state index in [1.54, 1.807) is 48.2 Å². The second-order valence-electron chi connectivity index (χ2n) is 6.13. The van der Waals surface area contributed by atoms with Crippen LogP contribution in [0.4, 0.5) is 16.2 Å². The van der Waals surface area contributed by atoms with E-state index in [4.69, 9.17) is 0 Å². The van der Waals surface area contributed by atoms with Gasteiger partial charge in [-0.1, -0.05) is 42.1 Å². The number of carbonyl (C=O) groups excluding carboxylic acids is 3. The number of fused-ring (bicyclic) bond motifs is 1. The Balaban J connectivity index is 1.67. The van der Waals surface area contributed by atoms with Gasteiger partial charge in [-0.3, -0.25) is 14.9 Å². The van der Waals surface area contributed by atoms with Crippen LogP contribution in [0.3, 0.4) is 0 Å². The molecule has 6 nitrogen and oxygen atoms in total. The number of nitrogens with one attached hydrogen (secondary N) is 1. The number of hydrogen-bond donors (Lipinski definition) is 1. The minimum Gasteiger partial charge on any atom is -0.335 e. The molecule has 7 heteroatoms. The second-order valence-corrected chi connectivity index (χ2v) is 7.20. The Morgan fingerprint density at radius 1 is 0.964 bits per heavy atom. The van der Waals surface area contributed by atoms with Crippen molar-refractivity contribution < 1.29 is 14.4 Å².